The van der Waals surface area contributed by atoms with Crippen LogP contribution in [0.4, 0.5) is 13.2 Å². The van der Waals surface area contributed by atoms with E-state index in [1.165, 1.54) is 0 Å². The molecule has 0 aliphatic carbocycles. The van der Waals surface area contributed by atoms with Gasteiger partial charge in [-0.05, 0) is 42.5 Å². The van der Waals surface area contributed by atoms with E-state index in [-0.39, 0.29) is 0 Å². The zero-order valence-electron chi connectivity index (χ0n) is 12.5. The summed E-state index contributed by atoms with van der Waals surface area (Å²) in [5.41, 5.74) is -0.699. The van der Waals surface area contributed by atoms with Gasteiger partial charge in [0.1, 0.15) is 0 Å². The molecule has 2 aromatic rings. The first-order chi connectivity index (χ1) is 11.0. The highest BCUT2D eigenvalue weighted by Crippen LogP contribution is 2.49. The summed E-state index contributed by atoms with van der Waals surface area (Å²) in [5.74, 6) is 0. The van der Waals surface area contributed by atoms with Crippen molar-refractivity contribution in [3.63, 3.8) is 0 Å². The fourth-order valence-corrected chi connectivity index (χ4v) is 5.43. The Morgan fingerprint density at radius 3 is 1.70 bits per heavy atom. The van der Waals surface area contributed by atoms with Gasteiger partial charge in [0.2, 0.25) is 0 Å². The van der Waals surface area contributed by atoms with Crippen LogP contribution in [0, 0.1) is 0 Å². The van der Waals surface area contributed by atoms with Crippen LogP contribution in [0.2, 0.25) is 0 Å². The lowest BCUT2D eigenvalue weighted by Crippen LogP contribution is -2.26. The van der Waals surface area contributed by atoms with Gasteiger partial charge in [-0.25, -0.2) is 0 Å². The molecule has 0 N–H and O–H groups in total. The third kappa shape index (κ3) is 2.30. The topological polar surface area (TPSA) is 3.24 Å². The quantitative estimate of drug-likeness (QED) is 0.645. The van der Waals surface area contributed by atoms with Gasteiger partial charge in [-0.15, -0.1) is 13.2 Å². The molecule has 0 aromatic heterocycles. The summed E-state index contributed by atoms with van der Waals surface area (Å²) in [6.45, 7) is 1.38. The summed E-state index contributed by atoms with van der Waals surface area (Å²) in [4.78, 5) is 2.94. The van der Waals surface area contributed by atoms with Crippen LogP contribution in [-0.2, 0) is 10.9 Å². The molecule has 2 heterocycles. The van der Waals surface area contributed by atoms with E-state index in [0.29, 0.717) is 22.9 Å². The first kappa shape index (κ1) is 14.8. The molecular formula is C18H15F3NS+. The maximum absolute atomic E-state index is 13.9. The van der Waals surface area contributed by atoms with Gasteiger partial charge in [0.05, 0.1) is 0 Å². The van der Waals surface area contributed by atoms with Crippen LogP contribution in [-0.4, -0.2) is 30.5 Å². The highest BCUT2D eigenvalue weighted by molar-refractivity contribution is 7.98. The number of hydrogen-bond donors (Lipinski definition) is 0. The predicted molar refractivity (Wildman–Crippen MR) is 87.1 cm³/mol. The Balaban J connectivity index is 2.08. The molecule has 0 bridgehead atoms. The van der Waals surface area contributed by atoms with E-state index in [2.05, 4.69) is 4.90 Å². The van der Waals surface area contributed by atoms with Gasteiger partial charge < -0.3 is 0 Å². The zero-order valence-corrected chi connectivity index (χ0v) is 13.3. The van der Waals surface area contributed by atoms with Crippen molar-refractivity contribution in [1.82, 2.24) is 4.90 Å². The number of likely N-dealkylation sites (N-methyl/N-ethyl adjacent to an activating group) is 1. The van der Waals surface area contributed by atoms with E-state index in [0.717, 1.165) is 22.3 Å². The number of nitrogens with zero attached hydrogens (tertiary/aromatic N) is 1. The largest absolute Gasteiger partial charge is 0.586 e. The average Bonchev–Trinajstić information content (AvgIpc) is 2.84. The third-order valence-electron chi connectivity index (χ3n) is 4.32. The fraction of sp³-hybridized carbons (Fsp3) is 0.222. The van der Waals surface area contributed by atoms with Gasteiger partial charge in [-0.3, -0.25) is 4.90 Å². The Morgan fingerprint density at radius 2 is 1.26 bits per heavy atom. The highest BCUT2D eigenvalue weighted by Gasteiger charge is 2.57. The Bertz CT molecular complexity index is 750. The van der Waals surface area contributed by atoms with Crippen LogP contribution in [0.3, 0.4) is 0 Å². The Hall–Kier alpha value is -1.72. The van der Waals surface area contributed by atoms with E-state index in [1.54, 1.807) is 24.3 Å². The highest BCUT2D eigenvalue weighted by atomic mass is 32.2. The smallest absolute Gasteiger partial charge is 0.298 e. The molecule has 0 amide bonds. The molecule has 0 radical (unpaired) electrons. The Morgan fingerprint density at radius 1 is 0.826 bits per heavy atom. The molecule has 5 heteroatoms. The van der Waals surface area contributed by atoms with E-state index in [4.69, 9.17) is 0 Å². The van der Waals surface area contributed by atoms with Gasteiger partial charge in [0.25, 0.3) is 0 Å². The lowest BCUT2D eigenvalue weighted by molar-refractivity contribution is -0.0371. The van der Waals surface area contributed by atoms with Crippen molar-refractivity contribution < 1.29 is 13.2 Å². The van der Waals surface area contributed by atoms with Crippen molar-refractivity contribution in [3.8, 4) is 0 Å². The molecule has 0 saturated carbocycles. The van der Waals surface area contributed by atoms with Crippen molar-refractivity contribution in [2.45, 2.75) is 15.3 Å². The molecule has 2 aliphatic heterocycles. The summed E-state index contributed by atoms with van der Waals surface area (Å²) in [7, 11) is 0.0936. The molecule has 0 unspecified atom stereocenters. The van der Waals surface area contributed by atoms with E-state index < -0.39 is 16.4 Å². The molecular weight excluding hydrogens is 319 g/mol. The minimum atomic E-state index is -4.28. The van der Waals surface area contributed by atoms with Gasteiger partial charge in [-0.1, -0.05) is 24.3 Å². The number of benzene rings is 2. The van der Waals surface area contributed by atoms with E-state index in [1.807, 2.05) is 31.3 Å². The molecule has 0 fully saturated rings. The fourth-order valence-electron chi connectivity index (χ4n) is 3.44. The lowest BCUT2D eigenvalue weighted by atomic mass is 9.97. The SMILES string of the molecule is CN1CC2=C(C1)c1ccccc1[S+](C(F)(F)F)c1ccccc12. The summed E-state index contributed by atoms with van der Waals surface area (Å²) >= 11 is 0. The Labute approximate surface area is 135 Å². The van der Waals surface area contributed by atoms with Crippen molar-refractivity contribution in [1.29, 1.82) is 0 Å². The number of fused-ring (bicyclic) bond motifs is 4. The van der Waals surface area contributed by atoms with Crippen LogP contribution in [0.25, 0.3) is 11.1 Å². The average molecular weight is 334 g/mol. The van der Waals surface area contributed by atoms with Gasteiger partial charge in [-0.2, -0.15) is 0 Å². The third-order valence-corrected chi connectivity index (χ3v) is 6.37. The molecule has 2 aliphatic rings. The van der Waals surface area contributed by atoms with Crippen LogP contribution in [0.5, 0.6) is 0 Å². The maximum atomic E-state index is 13.9. The second-order valence-electron chi connectivity index (χ2n) is 5.87. The second-order valence-corrected chi connectivity index (χ2v) is 7.83. The summed E-state index contributed by atoms with van der Waals surface area (Å²) in [5, 5.41) is 0. The van der Waals surface area contributed by atoms with Crippen LogP contribution in [0.1, 0.15) is 11.1 Å². The monoisotopic (exact) mass is 334 g/mol. The number of halogens is 3. The van der Waals surface area contributed by atoms with Crippen LogP contribution < -0.4 is 0 Å². The molecule has 23 heavy (non-hydrogen) atoms. The first-order valence-corrected chi connectivity index (χ1v) is 8.60. The molecule has 1 nitrogen and oxygen atoms in total. The predicted octanol–water partition coefficient (Wildman–Crippen LogP) is 4.41. The molecule has 0 spiro atoms. The number of alkyl halides is 3. The lowest BCUT2D eigenvalue weighted by Gasteiger charge is -2.15. The van der Waals surface area contributed by atoms with Crippen LogP contribution >= 0.6 is 0 Å². The van der Waals surface area contributed by atoms with Crippen LogP contribution in [0.15, 0.2) is 58.3 Å². The molecule has 4 rings (SSSR count). The standard InChI is InChI=1S/C18H15F3NS/c1-22-10-14-12-6-2-4-8-16(12)23(18(19,20)21)17-9-5-3-7-13(17)15(14)11-22/h2-9H,10-11H2,1H3/q+1. The van der Waals surface area contributed by atoms with Gasteiger partial charge in [0.15, 0.2) is 20.7 Å². The molecule has 0 atom stereocenters. The Kier molecular flexibility index (Phi) is 3.32. The van der Waals surface area contributed by atoms with Crippen molar-refractivity contribution >= 4 is 22.0 Å². The first-order valence-electron chi connectivity index (χ1n) is 7.37. The molecule has 118 valence electrons. The summed E-state index contributed by atoms with van der Waals surface area (Å²) in [6.07, 6.45) is 0. The van der Waals surface area contributed by atoms with Gasteiger partial charge >= 0.3 is 5.51 Å². The zero-order chi connectivity index (χ0) is 16.2. The minimum absolute atomic E-state index is 0.396. The van der Waals surface area contributed by atoms with Gasteiger partial charge in [0, 0.05) is 24.2 Å². The maximum Gasteiger partial charge on any atom is 0.586 e. The van der Waals surface area contributed by atoms with Crippen molar-refractivity contribution in [2.75, 3.05) is 20.1 Å². The molecule has 0 saturated heterocycles. The van der Waals surface area contributed by atoms with Crippen molar-refractivity contribution in [3.05, 3.63) is 59.7 Å². The van der Waals surface area contributed by atoms with E-state index in [9.17, 15) is 13.2 Å². The molecule has 2 aromatic carbocycles. The van der Waals surface area contributed by atoms with Crippen molar-refractivity contribution in [2.24, 2.45) is 0 Å². The number of hydrogen-bond acceptors (Lipinski definition) is 1. The second kappa shape index (κ2) is 5.14. The van der Waals surface area contributed by atoms with E-state index >= 15 is 0 Å². The number of rotatable bonds is 0. The summed E-state index contributed by atoms with van der Waals surface area (Å²) < 4.78 is 41.7. The minimum Gasteiger partial charge on any atom is -0.298 e. The normalized spacial score (nSPS) is 18.4. The summed E-state index contributed by atoms with van der Waals surface area (Å²) in [6, 6.07) is 14.0.